The second-order valence-corrected chi connectivity index (χ2v) is 8.89. The number of likely N-dealkylation sites (tertiary alicyclic amines) is 1. The van der Waals surface area contributed by atoms with E-state index in [1.807, 2.05) is 49.3 Å². The molecular weight excluding hydrogens is 462 g/mol. The number of amides is 1. The fourth-order valence-electron chi connectivity index (χ4n) is 4.41. The first-order chi connectivity index (χ1) is 17.2. The molecule has 186 valence electrons. The molecule has 1 fully saturated rings. The zero-order valence-corrected chi connectivity index (χ0v) is 20.3. The Bertz CT molecular complexity index is 1330. The van der Waals surface area contributed by atoms with E-state index in [9.17, 15) is 24.8 Å². The van der Waals surface area contributed by atoms with E-state index < -0.39 is 22.7 Å². The number of hydrogen-bond acceptors (Lipinski definition) is 7. The fraction of sp³-hybridized carbons (Fsp3) is 0.269. The van der Waals surface area contributed by atoms with Crippen LogP contribution in [0.1, 0.15) is 29.3 Å². The Morgan fingerprint density at radius 1 is 1.11 bits per heavy atom. The van der Waals surface area contributed by atoms with E-state index in [4.69, 9.17) is 0 Å². The van der Waals surface area contributed by atoms with E-state index in [1.54, 1.807) is 11.6 Å². The van der Waals surface area contributed by atoms with Gasteiger partial charge < -0.3 is 14.9 Å². The number of ketones is 1. The van der Waals surface area contributed by atoms with Crippen molar-refractivity contribution in [3.8, 4) is 5.69 Å². The van der Waals surface area contributed by atoms with Crippen molar-refractivity contribution >= 4 is 23.1 Å². The molecule has 2 heterocycles. The quantitative estimate of drug-likeness (QED) is 0.169. The molecule has 1 N–H and O–H groups in total. The van der Waals surface area contributed by atoms with Crippen molar-refractivity contribution in [3.63, 3.8) is 0 Å². The predicted molar refractivity (Wildman–Crippen MR) is 134 cm³/mol. The third-order valence-electron chi connectivity index (χ3n) is 6.23. The molecule has 0 spiro atoms. The number of nitro groups is 1. The third kappa shape index (κ3) is 4.63. The number of aliphatic hydroxyl groups excluding tert-OH is 1. The molecule has 3 aromatic rings. The van der Waals surface area contributed by atoms with Gasteiger partial charge in [-0.1, -0.05) is 18.2 Å². The Morgan fingerprint density at radius 3 is 2.39 bits per heavy atom. The molecule has 0 bridgehead atoms. The van der Waals surface area contributed by atoms with Crippen LogP contribution in [0, 0.1) is 17.0 Å². The molecule has 10 nitrogen and oxygen atoms in total. The summed E-state index contributed by atoms with van der Waals surface area (Å²) in [6.45, 7) is 2.74. The highest BCUT2D eigenvalue weighted by Gasteiger charge is 2.46. The molecule has 4 rings (SSSR count). The maximum atomic E-state index is 13.2. The second-order valence-electron chi connectivity index (χ2n) is 8.89. The molecule has 10 heteroatoms. The minimum atomic E-state index is -0.882. The summed E-state index contributed by atoms with van der Waals surface area (Å²) in [6.07, 6.45) is 2.07. The first-order valence-corrected chi connectivity index (χ1v) is 11.5. The van der Waals surface area contributed by atoms with Crippen molar-refractivity contribution in [2.45, 2.75) is 19.4 Å². The molecule has 1 atom stereocenters. The summed E-state index contributed by atoms with van der Waals surface area (Å²) in [5.74, 6) is -1.84. The number of rotatable bonds is 8. The molecule has 0 unspecified atom stereocenters. The molecule has 1 aliphatic heterocycles. The summed E-state index contributed by atoms with van der Waals surface area (Å²) in [5.41, 5.74) is 2.04. The first-order valence-electron chi connectivity index (χ1n) is 11.5. The summed E-state index contributed by atoms with van der Waals surface area (Å²) in [5, 5.41) is 26.9. The van der Waals surface area contributed by atoms with Crippen LogP contribution in [0.4, 0.5) is 5.69 Å². The summed E-state index contributed by atoms with van der Waals surface area (Å²) in [7, 11) is 3.82. The normalized spacial score (nSPS) is 17.2. The highest BCUT2D eigenvalue weighted by atomic mass is 16.6. The molecule has 2 aromatic carbocycles. The predicted octanol–water partition coefficient (Wildman–Crippen LogP) is 3.46. The summed E-state index contributed by atoms with van der Waals surface area (Å²) in [4.78, 5) is 40.3. The van der Waals surface area contributed by atoms with Gasteiger partial charge in [0, 0.05) is 18.7 Å². The average Bonchev–Trinajstić information content (AvgIpc) is 3.36. The minimum Gasteiger partial charge on any atom is -0.507 e. The second kappa shape index (κ2) is 10.1. The molecule has 1 saturated heterocycles. The van der Waals surface area contributed by atoms with Crippen LogP contribution in [-0.2, 0) is 9.59 Å². The Balaban J connectivity index is 1.81. The van der Waals surface area contributed by atoms with Crippen LogP contribution in [0.3, 0.4) is 0 Å². The van der Waals surface area contributed by atoms with Gasteiger partial charge in [-0.05, 0) is 63.8 Å². The molecule has 1 amide bonds. The molecule has 0 aliphatic carbocycles. The standard InChI is InChI=1S/C26H27N5O5/c1-17-21(16-27-30(17)19-8-5-4-6-9-19)24(32)22-23(18-10-12-20(13-11-18)31(35)36)29(26(34)25(22)33)15-7-14-28(2)3/h4-6,8-13,16,23,32H,7,14-15H2,1-3H3/b24-22+/t23-/m0/s1. The van der Waals surface area contributed by atoms with Gasteiger partial charge >= 0.3 is 0 Å². The molecule has 0 saturated carbocycles. The van der Waals surface area contributed by atoms with Crippen molar-refractivity contribution in [2.24, 2.45) is 0 Å². The molecular formula is C26H27N5O5. The average molecular weight is 490 g/mol. The van der Waals surface area contributed by atoms with Gasteiger partial charge in [-0.15, -0.1) is 0 Å². The number of nitrogens with zero attached hydrogens (tertiary/aromatic N) is 5. The zero-order chi connectivity index (χ0) is 26.0. The molecule has 36 heavy (non-hydrogen) atoms. The van der Waals surface area contributed by atoms with E-state index in [-0.39, 0.29) is 23.6 Å². The monoisotopic (exact) mass is 489 g/mol. The highest BCUT2D eigenvalue weighted by Crippen LogP contribution is 2.40. The van der Waals surface area contributed by atoms with Crippen molar-refractivity contribution in [3.05, 3.63) is 93.3 Å². The number of non-ortho nitro benzene ring substituents is 1. The van der Waals surface area contributed by atoms with Gasteiger partial charge in [-0.3, -0.25) is 19.7 Å². The van der Waals surface area contributed by atoms with Gasteiger partial charge in [-0.2, -0.15) is 5.10 Å². The van der Waals surface area contributed by atoms with E-state index in [1.165, 1.54) is 35.4 Å². The zero-order valence-electron chi connectivity index (χ0n) is 20.3. The van der Waals surface area contributed by atoms with Crippen LogP contribution in [0.5, 0.6) is 0 Å². The van der Waals surface area contributed by atoms with Crippen LogP contribution in [0.2, 0.25) is 0 Å². The topological polar surface area (TPSA) is 122 Å². The van der Waals surface area contributed by atoms with Gasteiger partial charge in [0.2, 0.25) is 0 Å². The maximum absolute atomic E-state index is 13.2. The van der Waals surface area contributed by atoms with Crippen LogP contribution in [-0.4, -0.2) is 68.5 Å². The lowest BCUT2D eigenvalue weighted by Crippen LogP contribution is -2.32. The lowest BCUT2D eigenvalue weighted by Gasteiger charge is -2.25. The van der Waals surface area contributed by atoms with Gasteiger partial charge in [0.1, 0.15) is 5.76 Å². The third-order valence-corrected chi connectivity index (χ3v) is 6.23. The highest BCUT2D eigenvalue weighted by molar-refractivity contribution is 6.46. The summed E-state index contributed by atoms with van der Waals surface area (Å²) >= 11 is 0. The number of nitro benzene ring substituents is 1. The smallest absolute Gasteiger partial charge is 0.295 e. The maximum Gasteiger partial charge on any atom is 0.295 e. The van der Waals surface area contributed by atoms with Crippen molar-refractivity contribution in [1.29, 1.82) is 0 Å². The molecule has 1 aromatic heterocycles. The van der Waals surface area contributed by atoms with E-state index in [0.29, 0.717) is 29.8 Å². The molecule has 1 aliphatic rings. The Labute approximate surface area is 208 Å². The van der Waals surface area contributed by atoms with Gasteiger partial charge in [0.05, 0.1) is 39.7 Å². The first kappa shape index (κ1) is 24.8. The number of hydrogen-bond donors (Lipinski definition) is 1. The number of carbonyl (C=O) groups is 2. The Kier molecular flexibility index (Phi) is 6.98. The van der Waals surface area contributed by atoms with Crippen LogP contribution in [0.15, 0.2) is 66.4 Å². The number of benzene rings is 2. The number of aliphatic hydroxyl groups is 1. The van der Waals surface area contributed by atoms with Crippen molar-refractivity contribution in [1.82, 2.24) is 19.6 Å². The van der Waals surface area contributed by atoms with Crippen molar-refractivity contribution < 1.29 is 19.6 Å². The van der Waals surface area contributed by atoms with E-state index in [0.717, 1.165) is 5.69 Å². The number of aromatic nitrogens is 2. The fourth-order valence-corrected chi connectivity index (χ4v) is 4.41. The van der Waals surface area contributed by atoms with Crippen LogP contribution in [0.25, 0.3) is 11.4 Å². The van der Waals surface area contributed by atoms with Crippen molar-refractivity contribution in [2.75, 3.05) is 27.2 Å². The number of para-hydroxylation sites is 1. The lowest BCUT2D eigenvalue weighted by atomic mass is 9.95. The number of carbonyl (C=O) groups excluding carboxylic acids is 2. The number of Topliss-reactive ketones (excluding diaryl/α,β-unsaturated/α-hetero) is 1. The van der Waals surface area contributed by atoms with Gasteiger partial charge in [0.15, 0.2) is 0 Å². The van der Waals surface area contributed by atoms with Crippen LogP contribution >= 0.6 is 0 Å². The largest absolute Gasteiger partial charge is 0.507 e. The Morgan fingerprint density at radius 2 is 1.78 bits per heavy atom. The minimum absolute atomic E-state index is 0.0607. The lowest BCUT2D eigenvalue weighted by molar-refractivity contribution is -0.384. The molecule has 0 radical (unpaired) electrons. The van der Waals surface area contributed by atoms with E-state index >= 15 is 0 Å². The van der Waals surface area contributed by atoms with E-state index in [2.05, 4.69) is 5.10 Å². The SMILES string of the molecule is Cc1c(/C(O)=C2\C(=O)C(=O)N(CCCN(C)C)[C@H]2c2ccc([N+](=O)[O-])cc2)cnn1-c1ccccc1. The Hall–Kier alpha value is -4.31. The van der Waals surface area contributed by atoms with Gasteiger partial charge in [-0.25, -0.2) is 4.68 Å². The van der Waals surface area contributed by atoms with Crippen LogP contribution < -0.4 is 0 Å². The summed E-state index contributed by atoms with van der Waals surface area (Å²) < 4.78 is 1.64. The van der Waals surface area contributed by atoms with Gasteiger partial charge in [0.25, 0.3) is 17.4 Å². The summed E-state index contributed by atoms with van der Waals surface area (Å²) in [6, 6.07) is 14.1.